The Balaban J connectivity index is 2.43. The number of aliphatic carboxylic acids is 1. The molecule has 1 heterocycles. The SMILES string of the molecule is CCCCC1CNc2cc(SC)c(O/C=C(\F)C(=O)O)cc2S(O)(O)N1C. The third kappa shape index (κ3) is 4.88. The summed E-state index contributed by atoms with van der Waals surface area (Å²) >= 11 is 1.32. The summed E-state index contributed by atoms with van der Waals surface area (Å²) in [6, 6.07) is 3.06. The number of thioether (sulfide) groups is 1. The van der Waals surface area contributed by atoms with E-state index in [1.54, 1.807) is 23.7 Å². The molecule has 10 heteroatoms. The standard InChI is InChI=1S/C17H25FN2O5S2/c1-4-5-6-11-9-19-13-7-15(26-3)14(25-10-12(18)17(21)22)8-16(13)27(23,24)20(11)2/h7-8,10-11,19,23-24H,4-6,9H2,1-3H3,(H,21,22)/b12-10-. The lowest BCUT2D eigenvalue weighted by atomic mass is 10.1. The molecule has 0 saturated heterocycles. The fraction of sp³-hybridized carbons (Fsp3) is 0.471. The van der Waals surface area contributed by atoms with Gasteiger partial charge >= 0.3 is 5.97 Å². The fourth-order valence-electron chi connectivity index (χ4n) is 2.77. The van der Waals surface area contributed by atoms with E-state index in [4.69, 9.17) is 9.84 Å². The van der Waals surface area contributed by atoms with Gasteiger partial charge in [0.25, 0.3) is 0 Å². The Labute approximate surface area is 164 Å². The zero-order chi connectivity index (χ0) is 20.2. The Morgan fingerprint density at radius 1 is 1.52 bits per heavy atom. The Morgan fingerprint density at radius 3 is 2.81 bits per heavy atom. The third-order valence-corrected chi connectivity index (χ3v) is 7.18. The second-order valence-electron chi connectivity index (χ2n) is 6.13. The van der Waals surface area contributed by atoms with E-state index in [0.717, 1.165) is 19.3 Å². The smallest absolute Gasteiger partial charge is 0.368 e. The molecule has 0 amide bonds. The molecule has 2 rings (SSSR count). The van der Waals surface area contributed by atoms with Crippen molar-refractivity contribution >= 4 is 34.2 Å². The van der Waals surface area contributed by atoms with Crippen molar-refractivity contribution in [1.29, 1.82) is 0 Å². The molecule has 0 aliphatic carbocycles. The molecule has 0 aromatic heterocycles. The van der Waals surface area contributed by atoms with E-state index in [1.807, 2.05) is 0 Å². The van der Waals surface area contributed by atoms with E-state index < -0.39 is 22.6 Å². The number of halogens is 1. The van der Waals surface area contributed by atoms with Gasteiger partial charge in [-0.2, -0.15) is 4.39 Å². The highest BCUT2D eigenvalue weighted by Crippen LogP contribution is 2.58. The van der Waals surface area contributed by atoms with Crippen molar-refractivity contribution in [3.8, 4) is 5.75 Å². The Kier molecular flexibility index (Phi) is 7.40. The number of carbonyl (C=O) groups is 1. The number of anilines is 1. The number of nitrogens with zero attached hydrogens (tertiary/aromatic N) is 1. The van der Waals surface area contributed by atoms with E-state index in [1.165, 1.54) is 17.8 Å². The number of rotatable bonds is 7. The van der Waals surface area contributed by atoms with Gasteiger partial charge in [-0.1, -0.05) is 19.8 Å². The summed E-state index contributed by atoms with van der Waals surface area (Å²) < 4.78 is 41.8. The molecule has 0 bridgehead atoms. The first-order valence-electron chi connectivity index (χ1n) is 8.45. The van der Waals surface area contributed by atoms with Gasteiger partial charge in [-0.05, 0) is 18.7 Å². The van der Waals surface area contributed by atoms with Crippen LogP contribution in [0, 0.1) is 0 Å². The van der Waals surface area contributed by atoms with Crippen molar-refractivity contribution in [1.82, 2.24) is 4.31 Å². The molecule has 27 heavy (non-hydrogen) atoms. The summed E-state index contributed by atoms with van der Waals surface area (Å²) in [5, 5.41) is 11.9. The van der Waals surface area contributed by atoms with Crippen LogP contribution in [0.15, 0.2) is 34.0 Å². The number of fused-ring (bicyclic) bond motifs is 1. The number of ether oxygens (including phenoxy) is 1. The van der Waals surface area contributed by atoms with Crippen molar-refractivity contribution in [2.45, 2.75) is 42.0 Å². The summed E-state index contributed by atoms with van der Waals surface area (Å²) in [5.41, 5.74) is 0.570. The lowest BCUT2D eigenvalue weighted by Crippen LogP contribution is -2.36. The van der Waals surface area contributed by atoms with Crippen molar-refractivity contribution in [2.24, 2.45) is 0 Å². The molecule has 1 aromatic carbocycles. The van der Waals surface area contributed by atoms with Gasteiger partial charge in [-0.15, -0.1) is 22.5 Å². The number of likely N-dealkylation sites (N-methyl/N-ethyl adjacent to an activating group) is 1. The van der Waals surface area contributed by atoms with Crippen LogP contribution >= 0.6 is 22.5 Å². The minimum atomic E-state index is -3.29. The van der Waals surface area contributed by atoms with Crippen LogP contribution in [-0.4, -0.2) is 50.4 Å². The molecule has 1 atom stereocenters. The first-order valence-corrected chi connectivity index (χ1v) is 11.2. The third-order valence-electron chi connectivity index (χ3n) is 4.39. The summed E-state index contributed by atoms with van der Waals surface area (Å²) in [6.07, 6.45) is 5.07. The summed E-state index contributed by atoms with van der Waals surface area (Å²) in [4.78, 5) is 11.4. The summed E-state index contributed by atoms with van der Waals surface area (Å²) in [5.74, 6) is -3.03. The van der Waals surface area contributed by atoms with Gasteiger partial charge in [0.15, 0.2) is 0 Å². The molecule has 0 spiro atoms. The first-order chi connectivity index (χ1) is 12.7. The molecule has 0 fully saturated rings. The number of hydrogen-bond donors (Lipinski definition) is 4. The molecular formula is C17H25FN2O5S2. The van der Waals surface area contributed by atoms with Gasteiger partial charge in [0, 0.05) is 25.7 Å². The number of carboxylic acid groups (broad SMARTS) is 1. The maximum Gasteiger partial charge on any atom is 0.368 e. The Hall–Kier alpha value is -1.46. The second-order valence-corrected chi connectivity index (χ2v) is 9.03. The van der Waals surface area contributed by atoms with Crippen LogP contribution in [0.2, 0.25) is 0 Å². The number of benzene rings is 1. The van der Waals surface area contributed by atoms with Crippen LogP contribution in [0.5, 0.6) is 5.75 Å². The largest absolute Gasteiger partial charge is 0.476 e. The molecular weight excluding hydrogens is 395 g/mol. The van der Waals surface area contributed by atoms with Crippen LogP contribution in [0.3, 0.4) is 0 Å². The lowest BCUT2D eigenvalue weighted by Gasteiger charge is -2.43. The average molecular weight is 421 g/mol. The van der Waals surface area contributed by atoms with Crippen LogP contribution in [-0.2, 0) is 4.79 Å². The molecule has 152 valence electrons. The topological polar surface area (TPSA) is 102 Å². The molecule has 4 N–H and O–H groups in total. The fourth-order valence-corrected chi connectivity index (χ4v) is 4.91. The van der Waals surface area contributed by atoms with Gasteiger partial charge in [0.1, 0.15) is 16.9 Å². The van der Waals surface area contributed by atoms with Gasteiger partial charge in [-0.25, -0.2) is 9.10 Å². The first kappa shape index (κ1) is 21.8. The van der Waals surface area contributed by atoms with E-state index >= 15 is 0 Å². The van der Waals surface area contributed by atoms with Crippen LogP contribution in [0.1, 0.15) is 26.2 Å². The zero-order valence-electron chi connectivity index (χ0n) is 15.4. The van der Waals surface area contributed by atoms with Crippen LogP contribution in [0.4, 0.5) is 10.1 Å². The predicted octanol–water partition coefficient (Wildman–Crippen LogP) is 4.62. The average Bonchev–Trinajstić information content (AvgIpc) is 2.73. The number of nitrogens with one attached hydrogen (secondary N) is 1. The summed E-state index contributed by atoms with van der Waals surface area (Å²) in [7, 11) is -1.62. The highest BCUT2D eigenvalue weighted by atomic mass is 32.3. The van der Waals surface area contributed by atoms with E-state index in [-0.39, 0.29) is 16.7 Å². The Morgan fingerprint density at radius 2 is 2.22 bits per heavy atom. The summed E-state index contributed by atoms with van der Waals surface area (Å²) in [6.45, 7) is 2.63. The number of carboxylic acids is 1. The molecule has 7 nitrogen and oxygen atoms in total. The van der Waals surface area contributed by atoms with Gasteiger partial charge in [0.2, 0.25) is 5.83 Å². The highest BCUT2D eigenvalue weighted by molar-refractivity contribution is 8.22. The second kappa shape index (κ2) is 9.16. The van der Waals surface area contributed by atoms with Gasteiger partial charge < -0.3 is 15.2 Å². The maximum atomic E-state index is 13.3. The van der Waals surface area contributed by atoms with E-state index in [0.29, 0.717) is 23.4 Å². The lowest BCUT2D eigenvalue weighted by molar-refractivity contribution is -0.134. The van der Waals surface area contributed by atoms with Crippen molar-refractivity contribution < 1.29 is 28.1 Å². The monoisotopic (exact) mass is 420 g/mol. The number of unbranched alkanes of at least 4 members (excludes halogenated alkanes) is 1. The molecule has 1 unspecified atom stereocenters. The van der Waals surface area contributed by atoms with Crippen LogP contribution < -0.4 is 10.1 Å². The molecule has 1 aromatic rings. The maximum absolute atomic E-state index is 13.3. The minimum Gasteiger partial charge on any atom is -0.476 e. The van der Waals surface area contributed by atoms with Crippen molar-refractivity contribution in [2.75, 3.05) is 25.2 Å². The predicted molar refractivity (Wildman–Crippen MR) is 106 cm³/mol. The molecule has 0 saturated carbocycles. The van der Waals surface area contributed by atoms with Gasteiger partial charge in [-0.3, -0.25) is 9.11 Å². The van der Waals surface area contributed by atoms with Crippen LogP contribution in [0.25, 0.3) is 0 Å². The Bertz CT molecular complexity index is 730. The molecule has 0 radical (unpaired) electrons. The quantitative estimate of drug-likeness (QED) is 0.288. The van der Waals surface area contributed by atoms with Gasteiger partial charge in [0.05, 0.1) is 10.6 Å². The normalized spacial score (nSPS) is 21.0. The zero-order valence-corrected chi connectivity index (χ0v) is 17.1. The van der Waals surface area contributed by atoms with Crippen molar-refractivity contribution in [3.05, 3.63) is 24.2 Å². The van der Waals surface area contributed by atoms with E-state index in [9.17, 15) is 18.3 Å². The highest BCUT2D eigenvalue weighted by Gasteiger charge is 2.34. The van der Waals surface area contributed by atoms with Crippen molar-refractivity contribution in [3.63, 3.8) is 0 Å². The van der Waals surface area contributed by atoms with E-state index in [2.05, 4.69) is 12.2 Å². The number of hydrogen-bond acceptors (Lipinski definition) is 7. The molecule has 1 aliphatic rings. The minimum absolute atomic E-state index is 0.0613. The molecule has 1 aliphatic heterocycles.